The van der Waals surface area contributed by atoms with Gasteiger partial charge in [0, 0.05) is 0 Å². The highest BCUT2D eigenvalue weighted by atomic mass is 16.5. The van der Waals surface area contributed by atoms with Crippen LogP contribution in [0.5, 0.6) is 5.88 Å². The van der Waals surface area contributed by atoms with E-state index in [1.807, 2.05) is 13.8 Å². The highest BCUT2D eigenvalue weighted by Crippen LogP contribution is 2.29. The Morgan fingerprint density at radius 1 is 1.60 bits per heavy atom. The number of nitrogen functional groups attached to an aromatic ring is 1. The summed E-state index contributed by atoms with van der Waals surface area (Å²) in [5.41, 5.74) is 3.34. The number of aromatic nitrogens is 2. The van der Waals surface area contributed by atoms with Crippen molar-refractivity contribution in [3.8, 4) is 18.2 Å². The molecule has 1 aromatic heterocycles. The molecule has 0 saturated heterocycles. The van der Waals surface area contributed by atoms with Gasteiger partial charge in [-0.15, -0.1) is 6.42 Å². The van der Waals surface area contributed by atoms with Crippen molar-refractivity contribution in [1.29, 1.82) is 0 Å². The number of rotatable bonds is 4. The molecule has 0 amide bonds. The van der Waals surface area contributed by atoms with Gasteiger partial charge in [-0.2, -0.15) is 0 Å². The van der Waals surface area contributed by atoms with E-state index < -0.39 is 0 Å². The zero-order chi connectivity index (χ0) is 11.3. The van der Waals surface area contributed by atoms with Gasteiger partial charge in [0.25, 0.3) is 0 Å². The SMILES string of the molecule is C#CCOc1ncnc(NN)c1C(C)C. The Morgan fingerprint density at radius 3 is 2.87 bits per heavy atom. The van der Waals surface area contributed by atoms with E-state index in [2.05, 4.69) is 21.3 Å². The van der Waals surface area contributed by atoms with E-state index in [0.717, 1.165) is 5.56 Å². The molecule has 0 aliphatic carbocycles. The van der Waals surface area contributed by atoms with Crippen LogP contribution in [0.1, 0.15) is 25.3 Å². The molecule has 5 heteroatoms. The maximum atomic E-state index is 5.35. The molecule has 1 rings (SSSR count). The average Bonchev–Trinajstić information content (AvgIpc) is 2.25. The van der Waals surface area contributed by atoms with Crippen molar-refractivity contribution in [3.05, 3.63) is 11.9 Å². The number of nitrogens with one attached hydrogen (secondary N) is 1. The maximum Gasteiger partial charge on any atom is 0.223 e. The highest BCUT2D eigenvalue weighted by molar-refractivity contribution is 5.49. The number of hydrazine groups is 1. The quantitative estimate of drug-likeness (QED) is 0.435. The maximum absolute atomic E-state index is 5.35. The van der Waals surface area contributed by atoms with Gasteiger partial charge >= 0.3 is 0 Å². The van der Waals surface area contributed by atoms with Gasteiger partial charge in [-0.05, 0) is 5.92 Å². The van der Waals surface area contributed by atoms with Crippen LogP contribution in [-0.2, 0) is 0 Å². The summed E-state index contributed by atoms with van der Waals surface area (Å²) in [4.78, 5) is 8.03. The summed E-state index contributed by atoms with van der Waals surface area (Å²) in [5, 5.41) is 0. The Kier molecular flexibility index (Phi) is 3.89. The first kappa shape index (κ1) is 11.3. The van der Waals surface area contributed by atoms with Gasteiger partial charge in [-0.1, -0.05) is 19.8 Å². The molecule has 0 bridgehead atoms. The predicted molar refractivity (Wildman–Crippen MR) is 58.3 cm³/mol. The molecular formula is C10H14N4O. The second kappa shape index (κ2) is 5.17. The lowest BCUT2D eigenvalue weighted by Gasteiger charge is -2.14. The van der Waals surface area contributed by atoms with Gasteiger partial charge in [-0.25, -0.2) is 15.8 Å². The molecule has 1 heterocycles. The van der Waals surface area contributed by atoms with Gasteiger partial charge in [0.15, 0.2) is 12.4 Å². The zero-order valence-corrected chi connectivity index (χ0v) is 8.82. The van der Waals surface area contributed by atoms with E-state index in [-0.39, 0.29) is 12.5 Å². The third-order valence-electron chi connectivity index (χ3n) is 1.85. The lowest BCUT2D eigenvalue weighted by atomic mass is 10.1. The molecule has 0 aliphatic heterocycles. The van der Waals surface area contributed by atoms with Gasteiger partial charge in [-0.3, -0.25) is 0 Å². The molecule has 0 spiro atoms. The van der Waals surface area contributed by atoms with Crippen molar-refractivity contribution in [3.63, 3.8) is 0 Å². The first-order valence-corrected chi connectivity index (χ1v) is 4.58. The largest absolute Gasteiger partial charge is 0.464 e. The molecule has 5 nitrogen and oxygen atoms in total. The highest BCUT2D eigenvalue weighted by Gasteiger charge is 2.15. The molecule has 80 valence electrons. The Morgan fingerprint density at radius 2 is 2.33 bits per heavy atom. The first-order chi connectivity index (χ1) is 7.20. The van der Waals surface area contributed by atoms with Crippen LogP contribution in [0.15, 0.2) is 6.33 Å². The fraction of sp³-hybridized carbons (Fsp3) is 0.400. The lowest BCUT2D eigenvalue weighted by Crippen LogP contribution is -2.14. The molecule has 0 unspecified atom stereocenters. The van der Waals surface area contributed by atoms with E-state index in [4.69, 9.17) is 17.0 Å². The second-order valence-corrected chi connectivity index (χ2v) is 3.23. The van der Waals surface area contributed by atoms with E-state index in [9.17, 15) is 0 Å². The zero-order valence-electron chi connectivity index (χ0n) is 8.82. The predicted octanol–water partition coefficient (Wildman–Crippen LogP) is 0.898. The molecule has 0 aliphatic rings. The van der Waals surface area contributed by atoms with Crippen LogP contribution < -0.4 is 16.0 Å². The molecule has 3 N–H and O–H groups in total. The van der Waals surface area contributed by atoms with Crippen LogP contribution in [0.2, 0.25) is 0 Å². The van der Waals surface area contributed by atoms with Crippen LogP contribution in [0.4, 0.5) is 5.82 Å². The van der Waals surface area contributed by atoms with Crippen LogP contribution >= 0.6 is 0 Å². The molecule has 0 radical (unpaired) electrons. The van der Waals surface area contributed by atoms with E-state index >= 15 is 0 Å². The summed E-state index contributed by atoms with van der Waals surface area (Å²) >= 11 is 0. The van der Waals surface area contributed by atoms with Gasteiger partial charge < -0.3 is 10.2 Å². The minimum atomic E-state index is 0.181. The molecule has 15 heavy (non-hydrogen) atoms. The van der Waals surface area contributed by atoms with Crippen LogP contribution in [-0.4, -0.2) is 16.6 Å². The van der Waals surface area contributed by atoms with Crippen molar-refractivity contribution >= 4 is 5.82 Å². The topological polar surface area (TPSA) is 73.1 Å². The minimum absolute atomic E-state index is 0.181. The number of hydrogen-bond donors (Lipinski definition) is 2. The number of terminal acetylenes is 1. The first-order valence-electron chi connectivity index (χ1n) is 4.58. The van der Waals surface area contributed by atoms with Gasteiger partial charge in [0.05, 0.1) is 5.56 Å². The van der Waals surface area contributed by atoms with Crippen molar-refractivity contribution in [1.82, 2.24) is 9.97 Å². The molecule has 0 atom stereocenters. The summed E-state index contributed by atoms with van der Waals surface area (Å²) in [6.45, 7) is 4.19. The monoisotopic (exact) mass is 206 g/mol. The molecule has 0 aromatic carbocycles. The van der Waals surface area contributed by atoms with Crippen molar-refractivity contribution in [2.75, 3.05) is 12.0 Å². The molecule has 0 fully saturated rings. The summed E-state index contributed by atoms with van der Waals surface area (Å²) in [7, 11) is 0. The van der Waals surface area contributed by atoms with Crippen LogP contribution in [0.3, 0.4) is 0 Å². The van der Waals surface area contributed by atoms with Crippen LogP contribution in [0.25, 0.3) is 0 Å². The summed E-state index contributed by atoms with van der Waals surface area (Å²) in [6, 6.07) is 0. The van der Waals surface area contributed by atoms with Crippen molar-refractivity contribution in [2.24, 2.45) is 5.84 Å². The number of ether oxygens (including phenoxy) is 1. The third-order valence-corrected chi connectivity index (χ3v) is 1.85. The van der Waals surface area contributed by atoms with E-state index in [1.165, 1.54) is 6.33 Å². The summed E-state index contributed by atoms with van der Waals surface area (Å²) < 4.78 is 5.31. The number of hydrogen-bond acceptors (Lipinski definition) is 5. The molecule has 0 saturated carbocycles. The molecule has 1 aromatic rings. The Balaban J connectivity index is 3.08. The number of nitrogens with two attached hydrogens (primary N) is 1. The summed E-state index contributed by atoms with van der Waals surface area (Å²) in [5.74, 6) is 8.97. The fourth-order valence-corrected chi connectivity index (χ4v) is 1.24. The number of nitrogens with zero attached hydrogens (tertiary/aromatic N) is 2. The fourth-order valence-electron chi connectivity index (χ4n) is 1.24. The third kappa shape index (κ3) is 2.58. The normalized spacial score (nSPS) is 9.80. The van der Waals surface area contributed by atoms with Crippen molar-refractivity contribution in [2.45, 2.75) is 19.8 Å². The smallest absolute Gasteiger partial charge is 0.223 e. The Hall–Kier alpha value is -1.80. The molecular weight excluding hydrogens is 192 g/mol. The Bertz CT molecular complexity index is 370. The van der Waals surface area contributed by atoms with Gasteiger partial charge in [0.1, 0.15) is 6.33 Å². The minimum Gasteiger partial charge on any atom is -0.464 e. The standard InChI is InChI=1S/C10H14N4O/c1-4-5-15-10-8(7(2)3)9(14-11)12-6-13-10/h1,6-7H,5,11H2,2-3H3,(H,12,13,14). The number of anilines is 1. The summed E-state index contributed by atoms with van der Waals surface area (Å²) in [6.07, 6.45) is 6.50. The van der Waals surface area contributed by atoms with Gasteiger partial charge in [0.2, 0.25) is 5.88 Å². The second-order valence-electron chi connectivity index (χ2n) is 3.23. The van der Waals surface area contributed by atoms with E-state index in [0.29, 0.717) is 11.7 Å². The Labute approximate surface area is 89.0 Å². The lowest BCUT2D eigenvalue weighted by molar-refractivity contribution is 0.348. The van der Waals surface area contributed by atoms with Crippen molar-refractivity contribution < 1.29 is 4.74 Å². The van der Waals surface area contributed by atoms with Crippen LogP contribution in [0, 0.1) is 12.3 Å². The van der Waals surface area contributed by atoms with E-state index in [1.54, 1.807) is 0 Å². The average molecular weight is 206 g/mol.